The summed E-state index contributed by atoms with van der Waals surface area (Å²) in [5.74, 6) is -1.07. The Bertz CT molecular complexity index is 657. The van der Waals surface area contributed by atoms with E-state index in [9.17, 15) is 14.3 Å². The highest BCUT2D eigenvalue weighted by molar-refractivity contribution is 5.73. The van der Waals surface area contributed by atoms with Gasteiger partial charge in [0.2, 0.25) is 0 Å². The molecule has 1 saturated heterocycles. The molecule has 2 atom stereocenters. The van der Waals surface area contributed by atoms with E-state index in [0.29, 0.717) is 6.42 Å². The number of aliphatic carboxylic acids is 1. The Hall–Kier alpha value is -2.20. The predicted octanol–water partition coefficient (Wildman–Crippen LogP) is 3.85. The number of carbonyl (C=O) groups is 1. The fraction of sp³-hybridized carbons (Fsp3) is 0.316. The average molecular weight is 313 g/mol. The number of hydrogen-bond acceptors (Lipinski definition) is 2. The molecule has 2 aromatic rings. The number of halogens is 1. The van der Waals surface area contributed by atoms with Crippen LogP contribution in [0.3, 0.4) is 0 Å². The van der Waals surface area contributed by atoms with Crippen molar-refractivity contribution < 1.29 is 14.3 Å². The van der Waals surface area contributed by atoms with Crippen LogP contribution in [0.4, 0.5) is 4.39 Å². The van der Waals surface area contributed by atoms with E-state index in [1.807, 2.05) is 35.2 Å². The quantitative estimate of drug-likeness (QED) is 0.932. The van der Waals surface area contributed by atoms with E-state index in [2.05, 4.69) is 0 Å². The Kier molecular flexibility index (Phi) is 4.72. The number of benzene rings is 2. The lowest BCUT2D eigenvalue weighted by atomic mass is 9.92. The standard InChI is InChI=1S/C19H20FNO2/c20-16-11-9-15(10-12-16)18(14-6-2-1-3-7-14)21-13-5-4-8-17(21)19(22)23/h1-3,6-7,9-12,17-18H,4-5,8,13H2,(H,22,23). The molecular formula is C19H20FNO2. The number of carboxylic acid groups (broad SMARTS) is 1. The fourth-order valence-electron chi connectivity index (χ4n) is 3.38. The van der Waals surface area contributed by atoms with Crippen LogP contribution in [0.25, 0.3) is 0 Å². The second-order valence-corrected chi connectivity index (χ2v) is 5.95. The Morgan fingerprint density at radius 2 is 1.70 bits per heavy atom. The third-order valence-corrected chi connectivity index (χ3v) is 4.46. The number of hydrogen-bond donors (Lipinski definition) is 1. The lowest BCUT2D eigenvalue weighted by Crippen LogP contribution is -2.46. The number of piperidine rings is 1. The summed E-state index contributed by atoms with van der Waals surface area (Å²) in [5, 5.41) is 9.59. The molecule has 23 heavy (non-hydrogen) atoms. The van der Waals surface area contributed by atoms with E-state index >= 15 is 0 Å². The van der Waals surface area contributed by atoms with Crippen molar-refractivity contribution in [1.82, 2.24) is 4.90 Å². The van der Waals surface area contributed by atoms with Crippen molar-refractivity contribution in [3.63, 3.8) is 0 Å². The summed E-state index contributed by atoms with van der Waals surface area (Å²) < 4.78 is 13.3. The summed E-state index contributed by atoms with van der Waals surface area (Å²) in [7, 11) is 0. The van der Waals surface area contributed by atoms with Gasteiger partial charge in [-0.1, -0.05) is 48.9 Å². The molecule has 0 amide bonds. The first-order valence-corrected chi connectivity index (χ1v) is 7.96. The molecule has 0 saturated carbocycles. The lowest BCUT2D eigenvalue weighted by Gasteiger charge is -2.39. The molecule has 1 aliphatic rings. The summed E-state index contributed by atoms with van der Waals surface area (Å²) in [4.78, 5) is 13.7. The number of rotatable bonds is 4. The predicted molar refractivity (Wildman–Crippen MR) is 86.7 cm³/mol. The molecule has 2 unspecified atom stereocenters. The van der Waals surface area contributed by atoms with Gasteiger partial charge >= 0.3 is 5.97 Å². The largest absolute Gasteiger partial charge is 0.480 e. The van der Waals surface area contributed by atoms with E-state index in [0.717, 1.165) is 30.5 Å². The van der Waals surface area contributed by atoms with E-state index in [1.54, 1.807) is 12.1 Å². The van der Waals surface area contributed by atoms with Gasteiger partial charge in [0, 0.05) is 0 Å². The van der Waals surface area contributed by atoms with Crippen molar-refractivity contribution in [3.05, 3.63) is 71.5 Å². The zero-order valence-electron chi connectivity index (χ0n) is 12.9. The summed E-state index contributed by atoms with van der Waals surface area (Å²) in [5.41, 5.74) is 1.96. The number of carboxylic acids is 1. The average Bonchev–Trinajstić information content (AvgIpc) is 2.58. The molecule has 3 nitrogen and oxygen atoms in total. The highest BCUT2D eigenvalue weighted by atomic mass is 19.1. The van der Waals surface area contributed by atoms with Crippen LogP contribution in [0.5, 0.6) is 0 Å². The highest BCUT2D eigenvalue weighted by Gasteiger charge is 2.34. The summed E-state index contributed by atoms with van der Waals surface area (Å²) >= 11 is 0. The van der Waals surface area contributed by atoms with Crippen molar-refractivity contribution in [2.24, 2.45) is 0 Å². The maximum absolute atomic E-state index is 13.3. The van der Waals surface area contributed by atoms with Gasteiger partial charge in [0.1, 0.15) is 11.9 Å². The smallest absolute Gasteiger partial charge is 0.320 e. The van der Waals surface area contributed by atoms with Crippen LogP contribution >= 0.6 is 0 Å². The zero-order chi connectivity index (χ0) is 16.2. The minimum absolute atomic E-state index is 0.168. The molecule has 0 radical (unpaired) electrons. The second-order valence-electron chi connectivity index (χ2n) is 5.95. The fourth-order valence-corrected chi connectivity index (χ4v) is 3.38. The van der Waals surface area contributed by atoms with Gasteiger partial charge < -0.3 is 5.11 Å². The van der Waals surface area contributed by atoms with E-state index < -0.39 is 12.0 Å². The maximum atomic E-state index is 13.3. The minimum Gasteiger partial charge on any atom is -0.480 e. The van der Waals surface area contributed by atoms with Crippen LogP contribution < -0.4 is 0 Å². The Morgan fingerprint density at radius 3 is 2.35 bits per heavy atom. The molecule has 0 aromatic heterocycles. The van der Waals surface area contributed by atoms with Crippen LogP contribution in [-0.4, -0.2) is 28.6 Å². The Balaban J connectivity index is 2.04. The van der Waals surface area contributed by atoms with Crippen molar-refractivity contribution in [1.29, 1.82) is 0 Å². The molecule has 1 heterocycles. The monoisotopic (exact) mass is 313 g/mol. The first-order valence-electron chi connectivity index (χ1n) is 7.96. The Labute approximate surface area is 135 Å². The van der Waals surface area contributed by atoms with Crippen LogP contribution in [-0.2, 0) is 4.79 Å². The summed E-state index contributed by atoms with van der Waals surface area (Å²) in [6.45, 7) is 0.730. The number of nitrogens with zero attached hydrogens (tertiary/aromatic N) is 1. The van der Waals surface area contributed by atoms with Gasteiger partial charge in [0.05, 0.1) is 6.04 Å². The van der Waals surface area contributed by atoms with Gasteiger partial charge in [0.15, 0.2) is 0 Å². The molecule has 0 spiro atoms. The van der Waals surface area contributed by atoms with Crippen LogP contribution in [0.2, 0.25) is 0 Å². The molecule has 1 N–H and O–H groups in total. The van der Waals surface area contributed by atoms with Gasteiger partial charge in [-0.2, -0.15) is 0 Å². The van der Waals surface area contributed by atoms with Crippen LogP contribution in [0.15, 0.2) is 54.6 Å². The van der Waals surface area contributed by atoms with Gasteiger partial charge in [-0.25, -0.2) is 4.39 Å². The number of likely N-dealkylation sites (tertiary alicyclic amines) is 1. The van der Waals surface area contributed by atoms with Crippen molar-refractivity contribution >= 4 is 5.97 Å². The second kappa shape index (κ2) is 6.92. The molecule has 0 aliphatic carbocycles. The molecule has 120 valence electrons. The minimum atomic E-state index is -0.784. The Morgan fingerprint density at radius 1 is 1.04 bits per heavy atom. The van der Waals surface area contributed by atoms with E-state index in [1.165, 1.54) is 12.1 Å². The molecule has 1 aliphatic heterocycles. The van der Waals surface area contributed by atoms with E-state index in [-0.39, 0.29) is 11.9 Å². The third-order valence-electron chi connectivity index (χ3n) is 4.46. The first-order chi connectivity index (χ1) is 11.2. The molecule has 2 aromatic carbocycles. The maximum Gasteiger partial charge on any atom is 0.320 e. The summed E-state index contributed by atoms with van der Waals surface area (Å²) in [6.07, 6.45) is 2.56. The molecule has 3 rings (SSSR count). The van der Waals surface area contributed by atoms with Crippen LogP contribution in [0.1, 0.15) is 36.4 Å². The van der Waals surface area contributed by atoms with Crippen LogP contribution in [0, 0.1) is 5.82 Å². The molecular weight excluding hydrogens is 293 g/mol. The van der Waals surface area contributed by atoms with Gasteiger partial charge in [-0.05, 0) is 42.6 Å². The SMILES string of the molecule is O=C(O)C1CCCCN1C(c1ccccc1)c1ccc(F)cc1. The first kappa shape index (κ1) is 15.7. The van der Waals surface area contributed by atoms with Crippen molar-refractivity contribution in [2.75, 3.05) is 6.54 Å². The normalized spacial score (nSPS) is 20.1. The molecule has 0 bridgehead atoms. The van der Waals surface area contributed by atoms with Gasteiger partial charge in [0.25, 0.3) is 0 Å². The van der Waals surface area contributed by atoms with Crippen molar-refractivity contribution in [2.45, 2.75) is 31.3 Å². The lowest BCUT2D eigenvalue weighted by molar-refractivity contribution is -0.145. The summed E-state index contributed by atoms with van der Waals surface area (Å²) in [6, 6.07) is 15.5. The zero-order valence-corrected chi connectivity index (χ0v) is 12.9. The molecule has 1 fully saturated rings. The topological polar surface area (TPSA) is 40.5 Å². The van der Waals surface area contributed by atoms with Gasteiger partial charge in [-0.3, -0.25) is 9.69 Å². The molecule has 4 heteroatoms. The van der Waals surface area contributed by atoms with Gasteiger partial charge in [-0.15, -0.1) is 0 Å². The highest BCUT2D eigenvalue weighted by Crippen LogP contribution is 2.34. The van der Waals surface area contributed by atoms with E-state index in [4.69, 9.17) is 0 Å². The third kappa shape index (κ3) is 3.42. The van der Waals surface area contributed by atoms with Crippen molar-refractivity contribution in [3.8, 4) is 0 Å².